The Kier molecular flexibility index (Phi) is 3.78. The highest BCUT2D eigenvalue weighted by atomic mass is 14.2. The molecule has 13 heavy (non-hydrogen) atoms. The van der Waals surface area contributed by atoms with Crippen LogP contribution in [-0.2, 0) is 0 Å². The number of hydrogen-bond acceptors (Lipinski definition) is 1. The minimum Gasteiger partial charge on any atom is -0.198 e. The molecule has 0 saturated carbocycles. The van der Waals surface area contributed by atoms with E-state index in [1.54, 1.807) is 0 Å². The molecule has 0 amide bonds. The van der Waals surface area contributed by atoms with Crippen LogP contribution in [0, 0.1) is 18.3 Å². The minimum atomic E-state index is 0.600. The molecule has 1 heteroatoms. The van der Waals surface area contributed by atoms with Crippen LogP contribution < -0.4 is 0 Å². The summed E-state index contributed by atoms with van der Waals surface area (Å²) < 4.78 is 0. The van der Waals surface area contributed by atoms with Crippen LogP contribution in [0.1, 0.15) is 24.0 Å². The fourth-order valence-electron chi connectivity index (χ4n) is 1.14. The molecule has 0 aromatic heterocycles. The Labute approximate surface area is 79.3 Å². The highest BCUT2D eigenvalue weighted by Gasteiger charge is 1.86. The van der Waals surface area contributed by atoms with Gasteiger partial charge < -0.3 is 0 Å². The molecule has 0 fully saturated rings. The van der Waals surface area contributed by atoms with E-state index in [-0.39, 0.29) is 0 Å². The van der Waals surface area contributed by atoms with Gasteiger partial charge in [-0.1, -0.05) is 42.0 Å². The maximum absolute atomic E-state index is 8.32. The van der Waals surface area contributed by atoms with Gasteiger partial charge in [-0.15, -0.1) is 0 Å². The number of benzene rings is 1. The van der Waals surface area contributed by atoms with E-state index in [1.807, 2.05) is 12.1 Å². The Morgan fingerprint density at radius 1 is 1.46 bits per heavy atom. The lowest BCUT2D eigenvalue weighted by Crippen LogP contribution is -1.74. The number of nitrogens with zero attached hydrogens (tertiary/aromatic N) is 1. The molecule has 0 spiro atoms. The van der Waals surface area contributed by atoms with Gasteiger partial charge >= 0.3 is 0 Å². The molecule has 1 aromatic carbocycles. The van der Waals surface area contributed by atoms with Gasteiger partial charge in [-0.3, -0.25) is 0 Å². The molecule has 0 radical (unpaired) electrons. The Hall–Kier alpha value is -1.55. The number of nitriles is 1. The number of unbranched alkanes of at least 4 members (excludes halogenated alkanes) is 1. The third-order valence-electron chi connectivity index (χ3n) is 1.78. The van der Waals surface area contributed by atoms with Crippen molar-refractivity contribution in [1.82, 2.24) is 0 Å². The molecule has 0 aliphatic carbocycles. The van der Waals surface area contributed by atoms with Crippen molar-refractivity contribution in [2.75, 3.05) is 0 Å². The molecule has 0 atom stereocenters. The van der Waals surface area contributed by atoms with E-state index in [9.17, 15) is 0 Å². The lowest BCUT2D eigenvalue weighted by Gasteiger charge is -1.94. The van der Waals surface area contributed by atoms with E-state index in [0.29, 0.717) is 6.42 Å². The second-order valence-corrected chi connectivity index (χ2v) is 3.01. The average Bonchev–Trinajstić information content (AvgIpc) is 2.13. The van der Waals surface area contributed by atoms with Crippen LogP contribution in [0.2, 0.25) is 0 Å². The van der Waals surface area contributed by atoms with Gasteiger partial charge in [-0.2, -0.15) is 5.26 Å². The van der Waals surface area contributed by atoms with Crippen LogP contribution in [0.3, 0.4) is 0 Å². The molecule has 1 nitrogen and oxygen atoms in total. The highest BCUT2D eigenvalue weighted by Crippen LogP contribution is 2.06. The van der Waals surface area contributed by atoms with Gasteiger partial charge in [0.2, 0.25) is 0 Å². The SMILES string of the molecule is Cc1cccc(/C=C\CCC#N)c1. The molecule has 0 N–H and O–H groups in total. The van der Waals surface area contributed by atoms with Crippen molar-refractivity contribution < 1.29 is 0 Å². The van der Waals surface area contributed by atoms with Crippen LogP contribution in [-0.4, -0.2) is 0 Å². The van der Waals surface area contributed by atoms with E-state index in [4.69, 9.17) is 5.26 Å². The van der Waals surface area contributed by atoms with Crippen LogP contribution >= 0.6 is 0 Å². The molecule has 0 bridgehead atoms. The van der Waals surface area contributed by atoms with Crippen molar-refractivity contribution in [3.05, 3.63) is 41.5 Å². The third-order valence-corrected chi connectivity index (χ3v) is 1.78. The first kappa shape index (κ1) is 9.54. The summed E-state index contributed by atoms with van der Waals surface area (Å²) in [6.45, 7) is 2.08. The second kappa shape index (κ2) is 5.16. The lowest BCUT2D eigenvalue weighted by atomic mass is 10.1. The lowest BCUT2D eigenvalue weighted by molar-refractivity contribution is 1.07. The van der Waals surface area contributed by atoms with Gasteiger partial charge in [0.1, 0.15) is 0 Å². The number of rotatable bonds is 3. The molecule has 0 aliphatic rings. The second-order valence-electron chi connectivity index (χ2n) is 3.01. The van der Waals surface area contributed by atoms with Gasteiger partial charge in [0.05, 0.1) is 6.07 Å². The summed E-state index contributed by atoms with van der Waals surface area (Å²) in [5.41, 5.74) is 2.47. The van der Waals surface area contributed by atoms with Crippen molar-refractivity contribution in [1.29, 1.82) is 5.26 Å². The van der Waals surface area contributed by atoms with Gasteiger partial charge in [0.15, 0.2) is 0 Å². The van der Waals surface area contributed by atoms with Crippen LogP contribution in [0.5, 0.6) is 0 Å². The maximum Gasteiger partial charge on any atom is 0.0625 e. The van der Waals surface area contributed by atoms with Crippen molar-refractivity contribution in [3.8, 4) is 6.07 Å². The van der Waals surface area contributed by atoms with Gasteiger partial charge in [-0.05, 0) is 18.9 Å². The number of aryl methyl sites for hydroxylation is 1. The molecule has 0 saturated heterocycles. The Morgan fingerprint density at radius 2 is 2.31 bits per heavy atom. The number of hydrogen-bond donors (Lipinski definition) is 0. The molecule has 0 unspecified atom stereocenters. The van der Waals surface area contributed by atoms with E-state index in [2.05, 4.69) is 37.3 Å². The molecule has 0 heterocycles. The van der Waals surface area contributed by atoms with Gasteiger partial charge in [0.25, 0.3) is 0 Å². The third kappa shape index (κ3) is 3.57. The van der Waals surface area contributed by atoms with Gasteiger partial charge in [-0.25, -0.2) is 0 Å². The molecule has 66 valence electrons. The first-order valence-electron chi connectivity index (χ1n) is 4.43. The predicted molar refractivity (Wildman–Crippen MR) is 55.1 cm³/mol. The molecular weight excluding hydrogens is 158 g/mol. The first-order valence-corrected chi connectivity index (χ1v) is 4.43. The van der Waals surface area contributed by atoms with Crippen molar-refractivity contribution in [3.63, 3.8) is 0 Å². The number of allylic oxidation sites excluding steroid dienone is 1. The summed E-state index contributed by atoms with van der Waals surface area (Å²) in [5.74, 6) is 0. The monoisotopic (exact) mass is 171 g/mol. The fourth-order valence-corrected chi connectivity index (χ4v) is 1.14. The van der Waals surface area contributed by atoms with Crippen molar-refractivity contribution >= 4 is 6.08 Å². The predicted octanol–water partition coefficient (Wildman–Crippen LogP) is 3.31. The Balaban J connectivity index is 2.54. The Morgan fingerprint density at radius 3 is 3.00 bits per heavy atom. The molecule has 1 rings (SSSR count). The summed E-state index contributed by atoms with van der Waals surface area (Å²) in [4.78, 5) is 0. The average molecular weight is 171 g/mol. The summed E-state index contributed by atoms with van der Waals surface area (Å²) in [6.07, 6.45) is 5.54. The quantitative estimate of drug-likeness (QED) is 0.640. The smallest absolute Gasteiger partial charge is 0.0625 e. The van der Waals surface area contributed by atoms with E-state index < -0.39 is 0 Å². The molecule has 1 aromatic rings. The van der Waals surface area contributed by atoms with E-state index in [1.165, 1.54) is 11.1 Å². The first-order chi connectivity index (χ1) is 6.33. The topological polar surface area (TPSA) is 23.8 Å². The maximum atomic E-state index is 8.32. The highest BCUT2D eigenvalue weighted by molar-refractivity contribution is 5.50. The summed E-state index contributed by atoms with van der Waals surface area (Å²) >= 11 is 0. The molecule has 0 aliphatic heterocycles. The van der Waals surface area contributed by atoms with E-state index >= 15 is 0 Å². The zero-order valence-corrected chi connectivity index (χ0v) is 7.83. The summed E-state index contributed by atoms with van der Waals surface area (Å²) in [7, 11) is 0. The summed E-state index contributed by atoms with van der Waals surface area (Å²) in [5, 5.41) is 8.32. The summed E-state index contributed by atoms with van der Waals surface area (Å²) in [6, 6.07) is 10.4. The van der Waals surface area contributed by atoms with Gasteiger partial charge in [0, 0.05) is 6.42 Å². The van der Waals surface area contributed by atoms with Crippen LogP contribution in [0.25, 0.3) is 6.08 Å². The zero-order valence-electron chi connectivity index (χ0n) is 7.83. The van der Waals surface area contributed by atoms with Crippen molar-refractivity contribution in [2.45, 2.75) is 19.8 Å². The zero-order chi connectivity index (χ0) is 9.52. The Bertz CT molecular complexity index is 331. The van der Waals surface area contributed by atoms with Crippen LogP contribution in [0.4, 0.5) is 0 Å². The molecular formula is C12H13N. The van der Waals surface area contributed by atoms with Crippen LogP contribution in [0.15, 0.2) is 30.3 Å². The normalized spacial score (nSPS) is 10.2. The fraction of sp³-hybridized carbons (Fsp3) is 0.250. The standard InChI is InChI=1S/C12H13N/c1-11-6-5-8-12(10-11)7-3-2-4-9-13/h3,5-8,10H,2,4H2,1H3/b7-3-. The van der Waals surface area contributed by atoms with E-state index in [0.717, 1.165) is 6.42 Å². The minimum absolute atomic E-state index is 0.600. The largest absolute Gasteiger partial charge is 0.198 e. The van der Waals surface area contributed by atoms with Crippen molar-refractivity contribution in [2.24, 2.45) is 0 Å².